The van der Waals surface area contributed by atoms with E-state index in [-0.39, 0.29) is 0 Å². The molecule has 0 saturated heterocycles. The predicted molar refractivity (Wildman–Crippen MR) is 100 cm³/mol. The summed E-state index contributed by atoms with van der Waals surface area (Å²) < 4.78 is 5.12. The molecule has 2 aromatic rings. The number of anilines is 3. The summed E-state index contributed by atoms with van der Waals surface area (Å²) in [4.78, 5) is 23.4. The van der Waals surface area contributed by atoms with Crippen molar-refractivity contribution < 1.29 is 14.1 Å². The van der Waals surface area contributed by atoms with Crippen molar-refractivity contribution in [2.24, 2.45) is 17.4 Å². The highest BCUT2D eigenvalue weighted by Gasteiger charge is 2.17. The van der Waals surface area contributed by atoms with Crippen molar-refractivity contribution in [1.29, 1.82) is 0 Å². The van der Waals surface area contributed by atoms with E-state index in [0.717, 1.165) is 6.42 Å². The van der Waals surface area contributed by atoms with Gasteiger partial charge in [0.2, 0.25) is 11.8 Å². The van der Waals surface area contributed by atoms with Gasteiger partial charge in [0.05, 0.1) is 16.9 Å². The first kappa shape index (κ1) is 19.3. The van der Waals surface area contributed by atoms with Crippen LogP contribution < -0.4 is 22.1 Å². The Balaban J connectivity index is 2.24. The number of primary amides is 2. The molecule has 0 aliphatic heterocycles. The van der Waals surface area contributed by atoms with Gasteiger partial charge in [-0.05, 0) is 43.9 Å². The molecule has 140 valence electrons. The Morgan fingerprint density at radius 2 is 1.92 bits per heavy atom. The zero-order valence-electron chi connectivity index (χ0n) is 15.2. The Bertz CT molecular complexity index is 785. The van der Waals surface area contributed by atoms with Crippen LogP contribution in [0.3, 0.4) is 0 Å². The molecule has 26 heavy (non-hydrogen) atoms. The van der Waals surface area contributed by atoms with Gasteiger partial charge in [0.25, 0.3) is 5.91 Å². The molecule has 0 saturated carbocycles. The lowest BCUT2D eigenvalue weighted by molar-refractivity contribution is -0.118. The summed E-state index contributed by atoms with van der Waals surface area (Å²) in [5, 5.41) is 9.89. The van der Waals surface area contributed by atoms with Crippen LogP contribution in [0.25, 0.3) is 0 Å². The number of nitrogens with zero attached hydrogens (tertiary/aromatic N) is 1. The van der Waals surface area contributed by atoms with E-state index in [1.54, 1.807) is 31.2 Å². The highest BCUT2D eigenvalue weighted by Crippen LogP contribution is 2.26. The molecule has 1 atom stereocenters. The standard InChI is InChI=1S/C18H25N5O3/c1-10(2)4-7-14(18(20)25)21-12-5-6-13(17(19)24)15(9-12)22-16-8-11(3)23-26-16/h5-6,8-10,14,21-22H,4,7H2,1-3H3,(H2,19,24)(H2,20,25)/t14-/m1/s1. The SMILES string of the molecule is Cc1cc(Nc2cc(N[C@H](CCC(C)C)C(N)=O)ccc2C(N)=O)on1. The van der Waals surface area contributed by atoms with E-state index >= 15 is 0 Å². The van der Waals surface area contributed by atoms with Crippen LogP contribution in [0.1, 0.15) is 42.7 Å². The number of hydrogen-bond donors (Lipinski definition) is 4. The molecule has 0 spiro atoms. The Labute approximate surface area is 152 Å². The Hall–Kier alpha value is -3.03. The number of carbonyl (C=O) groups excluding carboxylic acids is 2. The van der Waals surface area contributed by atoms with E-state index in [0.29, 0.717) is 40.9 Å². The lowest BCUT2D eigenvalue weighted by Gasteiger charge is -2.19. The number of aryl methyl sites for hydroxylation is 1. The molecule has 8 nitrogen and oxygen atoms in total. The van der Waals surface area contributed by atoms with Crippen molar-refractivity contribution in [3.8, 4) is 0 Å². The molecule has 0 bridgehead atoms. The van der Waals surface area contributed by atoms with Crippen LogP contribution in [0.5, 0.6) is 0 Å². The van der Waals surface area contributed by atoms with Crippen LogP contribution in [0.4, 0.5) is 17.3 Å². The Morgan fingerprint density at radius 3 is 2.46 bits per heavy atom. The van der Waals surface area contributed by atoms with Crippen molar-refractivity contribution in [3.63, 3.8) is 0 Å². The molecule has 8 heteroatoms. The Kier molecular flexibility index (Phi) is 6.21. The zero-order valence-corrected chi connectivity index (χ0v) is 15.2. The van der Waals surface area contributed by atoms with Gasteiger partial charge in [0.1, 0.15) is 6.04 Å². The van der Waals surface area contributed by atoms with Gasteiger partial charge in [-0.3, -0.25) is 9.59 Å². The number of nitrogens with one attached hydrogen (secondary N) is 2. The zero-order chi connectivity index (χ0) is 19.3. The average Bonchev–Trinajstić information content (AvgIpc) is 2.95. The van der Waals surface area contributed by atoms with Gasteiger partial charge in [-0.25, -0.2) is 0 Å². The van der Waals surface area contributed by atoms with Crippen LogP contribution in [0.15, 0.2) is 28.8 Å². The van der Waals surface area contributed by atoms with Crippen LogP contribution in [0, 0.1) is 12.8 Å². The van der Waals surface area contributed by atoms with E-state index in [2.05, 4.69) is 29.6 Å². The smallest absolute Gasteiger partial charge is 0.250 e. The van der Waals surface area contributed by atoms with E-state index < -0.39 is 17.9 Å². The molecule has 1 aromatic heterocycles. The molecule has 0 aliphatic carbocycles. The number of rotatable bonds is 9. The van der Waals surface area contributed by atoms with Crippen molar-refractivity contribution in [3.05, 3.63) is 35.5 Å². The van der Waals surface area contributed by atoms with Crippen LogP contribution in [0.2, 0.25) is 0 Å². The predicted octanol–water partition coefficient (Wildman–Crippen LogP) is 2.53. The normalized spacial score (nSPS) is 12.0. The molecule has 1 aromatic carbocycles. The Morgan fingerprint density at radius 1 is 1.19 bits per heavy atom. The number of hydrogen-bond acceptors (Lipinski definition) is 6. The van der Waals surface area contributed by atoms with Gasteiger partial charge >= 0.3 is 0 Å². The molecular formula is C18H25N5O3. The second-order valence-corrected chi connectivity index (χ2v) is 6.65. The maximum absolute atomic E-state index is 11.7. The third kappa shape index (κ3) is 5.23. The summed E-state index contributed by atoms with van der Waals surface area (Å²) in [6.45, 7) is 5.95. The third-order valence-electron chi connectivity index (χ3n) is 3.89. The molecule has 0 aliphatic rings. The topological polar surface area (TPSA) is 136 Å². The molecule has 0 radical (unpaired) electrons. The quantitative estimate of drug-likeness (QED) is 0.543. The number of aromatic nitrogens is 1. The van der Waals surface area contributed by atoms with Crippen molar-refractivity contribution >= 4 is 29.1 Å². The summed E-state index contributed by atoms with van der Waals surface area (Å²) in [5.74, 6) is -0.164. The molecule has 2 rings (SSSR count). The molecule has 0 fully saturated rings. The second-order valence-electron chi connectivity index (χ2n) is 6.65. The number of amides is 2. The van der Waals surface area contributed by atoms with Crippen molar-refractivity contribution in [1.82, 2.24) is 5.16 Å². The lowest BCUT2D eigenvalue weighted by atomic mass is 10.0. The van der Waals surface area contributed by atoms with Gasteiger partial charge in [-0.2, -0.15) is 0 Å². The summed E-state index contributed by atoms with van der Waals surface area (Å²) in [6.07, 6.45) is 1.48. The minimum atomic E-state index is -0.582. The highest BCUT2D eigenvalue weighted by atomic mass is 16.5. The fourth-order valence-electron chi connectivity index (χ4n) is 2.49. The lowest BCUT2D eigenvalue weighted by Crippen LogP contribution is -2.35. The van der Waals surface area contributed by atoms with Crippen LogP contribution >= 0.6 is 0 Å². The van der Waals surface area contributed by atoms with Crippen LogP contribution in [-0.4, -0.2) is 23.0 Å². The maximum Gasteiger partial charge on any atom is 0.250 e. The summed E-state index contributed by atoms with van der Waals surface area (Å²) in [5.41, 5.74) is 13.0. The van der Waals surface area contributed by atoms with Crippen LogP contribution in [-0.2, 0) is 4.79 Å². The number of nitrogens with two attached hydrogens (primary N) is 2. The van der Waals surface area contributed by atoms with Crippen molar-refractivity contribution in [2.75, 3.05) is 10.6 Å². The molecule has 1 heterocycles. The fraction of sp³-hybridized carbons (Fsp3) is 0.389. The first-order valence-electron chi connectivity index (χ1n) is 8.46. The summed E-state index contributed by atoms with van der Waals surface area (Å²) in [6, 6.07) is 6.14. The molecule has 6 N–H and O–H groups in total. The van der Waals surface area contributed by atoms with Gasteiger partial charge in [0.15, 0.2) is 0 Å². The first-order chi connectivity index (χ1) is 12.3. The van der Waals surface area contributed by atoms with E-state index in [1.807, 2.05) is 0 Å². The van der Waals surface area contributed by atoms with Gasteiger partial charge < -0.3 is 26.6 Å². The minimum Gasteiger partial charge on any atom is -0.374 e. The largest absolute Gasteiger partial charge is 0.374 e. The van der Waals surface area contributed by atoms with E-state index in [4.69, 9.17) is 16.0 Å². The number of benzene rings is 1. The second kappa shape index (κ2) is 8.37. The van der Waals surface area contributed by atoms with E-state index in [9.17, 15) is 9.59 Å². The molecular weight excluding hydrogens is 334 g/mol. The third-order valence-corrected chi connectivity index (χ3v) is 3.89. The van der Waals surface area contributed by atoms with E-state index in [1.165, 1.54) is 0 Å². The first-order valence-corrected chi connectivity index (χ1v) is 8.46. The highest BCUT2D eigenvalue weighted by molar-refractivity contribution is 6.00. The minimum absolute atomic E-state index is 0.294. The van der Waals surface area contributed by atoms with Gasteiger partial charge in [-0.15, -0.1) is 0 Å². The van der Waals surface area contributed by atoms with Crippen molar-refractivity contribution in [2.45, 2.75) is 39.7 Å². The monoisotopic (exact) mass is 359 g/mol. The average molecular weight is 359 g/mol. The number of carbonyl (C=O) groups is 2. The van der Waals surface area contributed by atoms with Gasteiger partial charge in [-0.1, -0.05) is 19.0 Å². The van der Waals surface area contributed by atoms with Gasteiger partial charge in [0, 0.05) is 11.8 Å². The summed E-state index contributed by atoms with van der Waals surface area (Å²) >= 11 is 0. The summed E-state index contributed by atoms with van der Waals surface area (Å²) in [7, 11) is 0. The fourth-order valence-corrected chi connectivity index (χ4v) is 2.49. The maximum atomic E-state index is 11.7. The molecule has 0 unspecified atom stereocenters. The molecule has 2 amide bonds.